The van der Waals surface area contributed by atoms with Crippen molar-refractivity contribution in [3.63, 3.8) is 0 Å². The van der Waals surface area contributed by atoms with Gasteiger partial charge in [-0.25, -0.2) is 0 Å². The fourth-order valence-corrected chi connectivity index (χ4v) is 1.14. The molecule has 14 heavy (non-hydrogen) atoms. The minimum absolute atomic E-state index is 0.0255. The summed E-state index contributed by atoms with van der Waals surface area (Å²) in [6, 6.07) is 4.64. The lowest BCUT2D eigenvalue weighted by Crippen LogP contribution is -2.24. The van der Waals surface area contributed by atoms with Crippen LogP contribution in [0.3, 0.4) is 0 Å². The Hall–Kier alpha value is -1.84. The summed E-state index contributed by atoms with van der Waals surface area (Å²) in [5.41, 5.74) is 0.423. The number of carboxylic acid groups (broad SMARTS) is 1. The fourth-order valence-electron chi connectivity index (χ4n) is 1.14. The monoisotopic (exact) mass is 193 g/mol. The van der Waals surface area contributed by atoms with Crippen LogP contribution < -0.4 is 9.84 Å². The highest BCUT2D eigenvalue weighted by Crippen LogP contribution is 2.21. The normalized spacial score (nSPS) is 9.57. The molecule has 4 heteroatoms. The molecule has 1 aromatic carbocycles. The molecule has 0 atom stereocenters. The van der Waals surface area contributed by atoms with E-state index in [2.05, 4.69) is 0 Å². The van der Waals surface area contributed by atoms with E-state index in [1.807, 2.05) is 0 Å². The molecule has 0 aliphatic heterocycles. The van der Waals surface area contributed by atoms with Crippen LogP contribution >= 0.6 is 0 Å². The zero-order valence-electron chi connectivity index (χ0n) is 7.87. The molecule has 1 rings (SSSR count). The van der Waals surface area contributed by atoms with Crippen LogP contribution in [-0.4, -0.2) is 11.9 Å². The van der Waals surface area contributed by atoms with Crippen molar-refractivity contribution >= 4 is 11.9 Å². The third kappa shape index (κ3) is 2.10. The van der Waals surface area contributed by atoms with Gasteiger partial charge in [0.15, 0.2) is 0 Å². The van der Waals surface area contributed by atoms with Gasteiger partial charge in [-0.2, -0.15) is 0 Å². The largest absolute Gasteiger partial charge is 0.545 e. The van der Waals surface area contributed by atoms with Crippen LogP contribution in [0.2, 0.25) is 0 Å². The van der Waals surface area contributed by atoms with Crippen molar-refractivity contribution in [3.8, 4) is 5.75 Å². The number of carbonyl (C=O) groups excluding carboxylic acids is 2. The molecule has 0 aliphatic rings. The van der Waals surface area contributed by atoms with Gasteiger partial charge >= 0.3 is 5.97 Å². The summed E-state index contributed by atoms with van der Waals surface area (Å²) in [6.45, 7) is 2.82. The molecule has 0 aliphatic carbocycles. The number of carbonyl (C=O) groups is 2. The second-order valence-electron chi connectivity index (χ2n) is 2.83. The molecule has 0 bridgehead atoms. The van der Waals surface area contributed by atoms with E-state index >= 15 is 0 Å². The molecular formula is C10H9O4-. The Balaban J connectivity index is 3.21. The van der Waals surface area contributed by atoms with E-state index < -0.39 is 11.9 Å². The quantitative estimate of drug-likeness (QED) is 0.500. The summed E-state index contributed by atoms with van der Waals surface area (Å²) in [7, 11) is 0. The summed E-state index contributed by atoms with van der Waals surface area (Å²) in [5.74, 6) is -1.88. The summed E-state index contributed by atoms with van der Waals surface area (Å²) >= 11 is 0. The average molecular weight is 193 g/mol. The number of rotatable bonds is 2. The maximum Gasteiger partial charge on any atom is 0.308 e. The van der Waals surface area contributed by atoms with Gasteiger partial charge in [0.1, 0.15) is 5.75 Å². The van der Waals surface area contributed by atoms with Crippen LogP contribution in [0.15, 0.2) is 18.2 Å². The molecule has 0 saturated carbocycles. The van der Waals surface area contributed by atoms with Crippen molar-refractivity contribution < 1.29 is 19.4 Å². The Morgan fingerprint density at radius 1 is 1.36 bits per heavy atom. The number of hydrogen-bond acceptors (Lipinski definition) is 4. The van der Waals surface area contributed by atoms with Gasteiger partial charge < -0.3 is 14.6 Å². The van der Waals surface area contributed by atoms with Crippen LogP contribution in [-0.2, 0) is 4.79 Å². The van der Waals surface area contributed by atoms with Crippen LogP contribution in [0.5, 0.6) is 5.75 Å². The highest BCUT2D eigenvalue weighted by Gasteiger charge is 2.09. The fraction of sp³-hybridized carbons (Fsp3) is 0.200. The zero-order chi connectivity index (χ0) is 10.7. The molecule has 0 N–H and O–H groups in total. The molecule has 0 spiro atoms. The van der Waals surface area contributed by atoms with Crippen molar-refractivity contribution in [1.82, 2.24) is 0 Å². The average Bonchev–Trinajstić information content (AvgIpc) is 2.01. The Bertz CT molecular complexity index is 382. The van der Waals surface area contributed by atoms with Crippen LogP contribution in [0, 0.1) is 6.92 Å². The number of aryl methyl sites for hydroxylation is 1. The number of ether oxygens (including phenoxy) is 1. The molecule has 0 radical (unpaired) electrons. The minimum Gasteiger partial charge on any atom is -0.545 e. The Morgan fingerprint density at radius 2 is 2.00 bits per heavy atom. The predicted octanol–water partition coefficient (Wildman–Crippen LogP) is 0.284. The molecule has 0 aromatic heterocycles. The second kappa shape index (κ2) is 3.91. The van der Waals surface area contributed by atoms with E-state index in [0.717, 1.165) is 0 Å². The van der Waals surface area contributed by atoms with Gasteiger partial charge in [-0.3, -0.25) is 4.79 Å². The smallest absolute Gasteiger partial charge is 0.308 e. The second-order valence-corrected chi connectivity index (χ2v) is 2.83. The molecule has 0 amide bonds. The lowest BCUT2D eigenvalue weighted by Gasteiger charge is -2.11. The van der Waals surface area contributed by atoms with E-state index in [9.17, 15) is 14.7 Å². The number of aromatic carboxylic acids is 1. The molecule has 74 valence electrons. The highest BCUT2D eigenvalue weighted by molar-refractivity contribution is 5.92. The summed E-state index contributed by atoms with van der Waals surface area (Å²) in [5, 5.41) is 10.7. The first-order valence-electron chi connectivity index (χ1n) is 4.01. The Labute approximate surface area is 81.1 Å². The topological polar surface area (TPSA) is 66.4 Å². The SMILES string of the molecule is CC(=O)Oc1cccc(C)c1C(=O)[O-]. The highest BCUT2D eigenvalue weighted by atomic mass is 16.5. The van der Waals surface area contributed by atoms with Gasteiger partial charge in [0.25, 0.3) is 0 Å². The summed E-state index contributed by atoms with van der Waals surface area (Å²) < 4.78 is 4.73. The minimum atomic E-state index is -1.35. The third-order valence-electron chi connectivity index (χ3n) is 1.69. The maximum absolute atomic E-state index is 10.7. The van der Waals surface area contributed by atoms with Crippen molar-refractivity contribution in [2.75, 3.05) is 0 Å². The molecule has 1 aromatic rings. The zero-order valence-corrected chi connectivity index (χ0v) is 7.87. The Kier molecular flexibility index (Phi) is 2.86. The van der Waals surface area contributed by atoms with Gasteiger partial charge in [0.2, 0.25) is 0 Å². The number of carboxylic acids is 1. The Morgan fingerprint density at radius 3 is 2.50 bits per heavy atom. The first kappa shape index (κ1) is 10.2. The molecule has 0 saturated heterocycles. The predicted molar refractivity (Wildman–Crippen MR) is 46.8 cm³/mol. The maximum atomic E-state index is 10.7. The van der Waals surface area contributed by atoms with Gasteiger partial charge in [-0.05, 0) is 18.6 Å². The first-order valence-corrected chi connectivity index (χ1v) is 4.01. The number of benzene rings is 1. The van der Waals surface area contributed by atoms with E-state index in [4.69, 9.17) is 4.74 Å². The standard InChI is InChI=1S/C10H10O4/c1-6-4-3-5-8(14-7(2)11)9(6)10(12)13/h3-5H,1-2H3,(H,12,13)/p-1. The van der Waals surface area contributed by atoms with E-state index in [-0.39, 0.29) is 11.3 Å². The van der Waals surface area contributed by atoms with E-state index in [0.29, 0.717) is 5.56 Å². The number of esters is 1. The van der Waals surface area contributed by atoms with Crippen molar-refractivity contribution in [2.45, 2.75) is 13.8 Å². The molecular weight excluding hydrogens is 184 g/mol. The summed E-state index contributed by atoms with van der Waals surface area (Å²) in [4.78, 5) is 21.4. The summed E-state index contributed by atoms with van der Waals surface area (Å²) in [6.07, 6.45) is 0. The lowest BCUT2D eigenvalue weighted by atomic mass is 10.1. The first-order chi connectivity index (χ1) is 6.52. The van der Waals surface area contributed by atoms with Gasteiger partial charge in [-0.1, -0.05) is 12.1 Å². The van der Waals surface area contributed by atoms with E-state index in [1.54, 1.807) is 19.1 Å². The van der Waals surface area contributed by atoms with Gasteiger partial charge in [-0.15, -0.1) is 0 Å². The molecule has 4 nitrogen and oxygen atoms in total. The van der Waals surface area contributed by atoms with Crippen LogP contribution in [0.25, 0.3) is 0 Å². The van der Waals surface area contributed by atoms with E-state index in [1.165, 1.54) is 13.0 Å². The van der Waals surface area contributed by atoms with Crippen molar-refractivity contribution in [2.24, 2.45) is 0 Å². The van der Waals surface area contributed by atoms with Gasteiger partial charge in [0, 0.05) is 12.5 Å². The molecule has 0 fully saturated rings. The number of hydrogen-bond donors (Lipinski definition) is 0. The molecule has 0 unspecified atom stereocenters. The molecule has 0 heterocycles. The van der Waals surface area contributed by atoms with Crippen LogP contribution in [0.4, 0.5) is 0 Å². The third-order valence-corrected chi connectivity index (χ3v) is 1.69. The van der Waals surface area contributed by atoms with Crippen molar-refractivity contribution in [1.29, 1.82) is 0 Å². The lowest BCUT2D eigenvalue weighted by molar-refractivity contribution is -0.255. The van der Waals surface area contributed by atoms with Crippen molar-refractivity contribution in [3.05, 3.63) is 29.3 Å². The van der Waals surface area contributed by atoms with Crippen LogP contribution in [0.1, 0.15) is 22.8 Å². The van der Waals surface area contributed by atoms with Gasteiger partial charge in [0.05, 0.1) is 5.97 Å².